The van der Waals surface area contributed by atoms with Crippen LogP contribution in [0.1, 0.15) is 20.3 Å². The summed E-state index contributed by atoms with van der Waals surface area (Å²) in [7, 11) is 0. The van der Waals surface area contributed by atoms with Gasteiger partial charge in [0.2, 0.25) is 0 Å². The van der Waals surface area contributed by atoms with Crippen molar-refractivity contribution < 1.29 is 0 Å². The Kier molecular flexibility index (Phi) is 6.33. The van der Waals surface area contributed by atoms with Gasteiger partial charge < -0.3 is 0 Å². The first kappa shape index (κ1) is 9.96. The maximum atomic E-state index is 3.47. The Labute approximate surface area is 74.7 Å². The molecule has 0 aliphatic rings. The Morgan fingerprint density at radius 3 is 2.00 bits per heavy atom. The zero-order valence-corrected chi connectivity index (χ0v) is 9.20. The Hall–Kier alpha value is 0.960. The van der Waals surface area contributed by atoms with Crippen LogP contribution in [0.15, 0.2) is 0 Å². The molecule has 9 heavy (non-hydrogen) atoms. The maximum absolute atomic E-state index is 3.47. The largest absolute Gasteiger partial charge is 0.0928 e. The maximum Gasteiger partial charge on any atom is 0.00595 e. The third-order valence-corrected chi connectivity index (χ3v) is 3.26. The molecule has 0 heterocycles. The molecule has 2 atom stereocenters. The van der Waals surface area contributed by atoms with Crippen molar-refractivity contribution in [3.05, 3.63) is 0 Å². The van der Waals surface area contributed by atoms with Crippen molar-refractivity contribution in [2.75, 3.05) is 10.7 Å². The minimum atomic E-state index is 0.808. The fourth-order valence-electron chi connectivity index (χ4n) is 0.609. The summed E-state index contributed by atoms with van der Waals surface area (Å²) >= 11 is 6.90. The molecule has 0 nitrogen and oxygen atoms in total. The summed E-state index contributed by atoms with van der Waals surface area (Å²) in [6.07, 6.45) is 1.28. The first-order valence-corrected chi connectivity index (χ1v) is 5.58. The van der Waals surface area contributed by atoms with E-state index in [1.54, 1.807) is 0 Å². The lowest BCUT2D eigenvalue weighted by atomic mass is 9.96. The van der Waals surface area contributed by atoms with Crippen LogP contribution >= 0.6 is 31.9 Å². The third-order valence-electron chi connectivity index (χ3n) is 1.78. The van der Waals surface area contributed by atoms with Crippen LogP contribution in [0.2, 0.25) is 0 Å². The van der Waals surface area contributed by atoms with Gasteiger partial charge >= 0.3 is 0 Å². The second-order valence-corrected chi connectivity index (χ2v) is 4.03. The second kappa shape index (κ2) is 5.72. The normalized spacial score (nSPS) is 17.3. The summed E-state index contributed by atoms with van der Waals surface area (Å²) in [6, 6.07) is 0. The van der Waals surface area contributed by atoms with Gasteiger partial charge in [-0.2, -0.15) is 0 Å². The van der Waals surface area contributed by atoms with Crippen LogP contribution in [0.5, 0.6) is 0 Å². The monoisotopic (exact) mass is 256 g/mol. The minimum Gasteiger partial charge on any atom is -0.0928 e. The molecule has 0 fully saturated rings. The summed E-state index contributed by atoms with van der Waals surface area (Å²) in [6.45, 7) is 4.58. The van der Waals surface area contributed by atoms with Crippen LogP contribution in [0, 0.1) is 11.8 Å². The van der Waals surface area contributed by atoms with Gasteiger partial charge in [0.05, 0.1) is 0 Å². The first-order valence-electron chi connectivity index (χ1n) is 3.34. The molecular formula is C7H14Br2. The second-order valence-electron chi connectivity index (χ2n) is 2.59. The summed E-state index contributed by atoms with van der Waals surface area (Å²) in [5.41, 5.74) is 0. The number of hydrogen-bond donors (Lipinski definition) is 0. The molecule has 0 aliphatic heterocycles. The minimum absolute atomic E-state index is 0.808. The van der Waals surface area contributed by atoms with E-state index >= 15 is 0 Å². The van der Waals surface area contributed by atoms with Crippen molar-refractivity contribution >= 4 is 31.9 Å². The van der Waals surface area contributed by atoms with Gasteiger partial charge in [-0.25, -0.2) is 0 Å². The highest BCUT2D eigenvalue weighted by Gasteiger charge is 2.08. The number of halogens is 2. The third kappa shape index (κ3) is 4.38. The van der Waals surface area contributed by atoms with Crippen LogP contribution in [-0.2, 0) is 0 Å². The Morgan fingerprint density at radius 1 is 1.11 bits per heavy atom. The van der Waals surface area contributed by atoms with E-state index < -0.39 is 0 Å². The average Bonchev–Trinajstić information content (AvgIpc) is 1.87. The molecule has 2 heteroatoms. The Morgan fingerprint density at radius 2 is 1.67 bits per heavy atom. The van der Waals surface area contributed by atoms with E-state index in [-0.39, 0.29) is 0 Å². The van der Waals surface area contributed by atoms with Gasteiger partial charge in [-0.1, -0.05) is 45.7 Å². The SMILES string of the molecule is CC(CBr)C(C)CCBr. The highest BCUT2D eigenvalue weighted by atomic mass is 79.9. The zero-order chi connectivity index (χ0) is 7.28. The van der Waals surface area contributed by atoms with Gasteiger partial charge in [0.1, 0.15) is 0 Å². The molecule has 56 valence electrons. The molecule has 0 N–H and O–H groups in total. The van der Waals surface area contributed by atoms with Gasteiger partial charge in [-0.05, 0) is 18.3 Å². The van der Waals surface area contributed by atoms with Crippen LogP contribution < -0.4 is 0 Å². The quantitative estimate of drug-likeness (QED) is 0.677. The van der Waals surface area contributed by atoms with E-state index in [0.717, 1.165) is 22.5 Å². The van der Waals surface area contributed by atoms with E-state index in [0.29, 0.717) is 0 Å². The highest BCUT2D eigenvalue weighted by molar-refractivity contribution is 9.09. The van der Waals surface area contributed by atoms with Gasteiger partial charge in [0, 0.05) is 10.7 Å². The van der Waals surface area contributed by atoms with Crippen molar-refractivity contribution in [3.63, 3.8) is 0 Å². The molecular weight excluding hydrogens is 244 g/mol. The van der Waals surface area contributed by atoms with E-state index in [2.05, 4.69) is 45.7 Å². The van der Waals surface area contributed by atoms with Crippen molar-refractivity contribution in [2.24, 2.45) is 11.8 Å². The lowest BCUT2D eigenvalue weighted by molar-refractivity contribution is 0.420. The van der Waals surface area contributed by atoms with E-state index in [1.165, 1.54) is 6.42 Å². The molecule has 0 saturated heterocycles. The van der Waals surface area contributed by atoms with E-state index in [1.807, 2.05) is 0 Å². The molecule has 0 aromatic rings. The fraction of sp³-hybridized carbons (Fsp3) is 1.00. The fourth-order valence-corrected chi connectivity index (χ4v) is 1.97. The van der Waals surface area contributed by atoms with E-state index in [4.69, 9.17) is 0 Å². The Bertz CT molecular complexity index is 63.9. The van der Waals surface area contributed by atoms with Gasteiger partial charge in [-0.3, -0.25) is 0 Å². The lowest BCUT2D eigenvalue weighted by Crippen LogP contribution is -2.09. The van der Waals surface area contributed by atoms with E-state index in [9.17, 15) is 0 Å². The summed E-state index contributed by atoms with van der Waals surface area (Å²) in [4.78, 5) is 0. The smallest absolute Gasteiger partial charge is 0.00595 e. The summed E-state index contributed by atoms with van der Waals surface area (Å²) < 4.78 is 0. The first-order chi connectivity index (χ1) is 4.22. The van der Waals surface area contributed by atoms with Crippen molar-refractivity contribution in [1.82, 2.24) is 0 Å². The predicted octanol–water partition coefficient (Wildman–Crippen LogP) is 3.44. The summed E-state index contributed by atoms with van der Waals surface area (Å²) in [5, 5.41) is 2.26. The molecule has 0 aliphatic carbocycles. The molecule has 0 rings (SSSR count). The Balaban J connectivity index is 3.32. The van der Waals surface area contributed by atoms with Gasteiger partial charge in [0.25, 0.3) is 0 Å². The lowest BCUT2D eigenvalue weighted by Gasteiger charge is -2.15. The van der Waals surface area contributed by atoms with Gasteiger partial charge in [0.15, 0.2) is 0 Å². The van der Waals surface area contributed by atoms with Crippen molar-refractivity contribution in [2.45, 2.75) is 20.3 Å². The molecule has 0 amide bonds. The van der Waals surface area contributed by atoms with Crippen LogP contribution in [-0.4, -0.2) is 10.7 Å². The van der Waals surface area contributed by atoms with Crippen LogP contribution in [0.3, 0.4) is 0 Å². The van der Waals surface area contributed by atoms with Gasteiger partial charge in [-0.15, -0.1) is 0 Å². The number of alkyl halides is 2. The van der Waals surface area contributed by atoms with Crippen molar-refractivity contribution in [3.8, 4) is 0 Å². The number of hydrogen-bond acceptors (Lipinski definition) is 0. The van der Waals surface area contributed by atoms with Crippen LogP contribution in [0.25, 0.3) is 0 Å². The highest BCUT2D eigenvalue weighted by Crippen LogP contribution is 2.17. The predicted molar refractivity (Wildman–Crippen MR) is 50.5 cm³/mol. The topological polar surface area (TPSA) is 0 Å². The molecule has 0 radical (unpaired) electrons. The summed E-state index contributed by atoms with van der Waals surface area (Å²) in [5.74, 6) is 1.64. The molecule has 2 unspecified atom stereocenters. The average molecular weight is 258 g/mol. The van der Waals surface area contributed by atoms with Crippen molar-refractivity contribution in [1.29, 1.82) is 0 Å². The number of rotatable bonds is 4. The standard InChI is InChI=1S/C7H14Br2/c1-6(3-4-8)7(2)5-9/h6-7H,3-5H2,1-2H3. The zero-order valence-electron chi connectivity index (χ0n) is 6.03. The molecule has 0 saturated carbocycles. The van der Waals surface area contributed by atoms with Crippen LogP contribution in [0.4, 0.5) is 0 Å². The molecule has 0 spiro atoms. The molecule has 0 aromatic carbocycles. The molecule has 0 aromatic heterocycles. The molecule has 0 bridgehead atoms.